The van der Waals surface area contributed by atoms with Crippen molar-refractivity contribution in [2.45, 2.75) is 6.92 Å². The molecule has 0 bridgehead atoms. The number of anilines is 2. The minimum atomic E-state index is -0.0624. The Morgan fingerprint density at radius 2 is 2.24 bits per heavy atom. The number of carbonyl (C=O) groups is 1. The SMILES string of the molecule is CCNC(=O)c1sc(N2CCSCC2)cc1N. The fraction of sp³-hybridized carbons (Fsp3) is 0.545. The number of carbonyl (C=O) groups excluding carboxylic acids is 1. The number of hydrogen-bond acceptors (Lipinski definition) is 5. The van der Waals surface area contributed by atoms with E-state index < -0.39 is 0 Å². The maximum absolute atomic E-state index is 11.8. The van der Waals surface area contributed by atoms with Gasteiger partial charge in [-0.05, 0) is 13.0 Å². The van der Waals surface area contributed by atoms with Gasteiger partial charge < -0.3 is 16.0 Å². The smallest absolute Gasteiger partial charge is 0.263 e. The van der Waals surface area contributed by atoms with Gasteiger partial charge in [0.05, 0.1) is 10.7 Å². The van der Waals surface area contributed by atoms with Gasteiger partial charge in [-0.1, -0.05) is 0 Å². The Morgan fingerprint density at radius 3 is 2.88 bits per heavy atom. The van der Waals surface area contributed by atoms with Gasteiger partial charge in [0, 0.05) is 31.1 Å². The predicted octanol–water partition coefficient (Wildman–Crippen LogP) is 1.63. The summed E-state index contributed by atoms with van der Waals surface area (Å²) in [7, 11) is 0. The zero-order valence-corrected chi connectivity index (χ0v) is 11.5. The first kappa shape index (κ1) is 12.6. The molecule has 0 spiro atoms. The van der Waals surface area contributed by atoms with E-state index in [0.717, 1.165) is 29.6 Å². The van der Waals surface area contributed by atoms with Crippen LogP contribution in [0.5, 0.6) is 0 Å². The van der Waals surface area contributed by atoms with Gasteiger partial charge in [0.2, 0.25) is 0 Å². The van der Waals surface area contributed by atoms with E-state index >= 15 is 0 Å². The Balaban J connectivity index is 2.14. The quantitative estimate of drug-likeness (QED) is 0.877. The summed E-state index contributed by atoms with van der Waals surface area (Å²) in [5.74, 6) is 2.23. The van der Waals surface area contributed by atoms with Crippen LogP contribution in [0, 0.1) is 0 Å². The Morgan fingerprint density at radius 1 is 1.53 bits per heavy atom. The number of hydrogen-bond donors (Lipinski definition) is 2. The van der Waals surface area contributed by atoms with Crippen LogP contribution in [0.15, 0.2) is 6.07 Å². The second-order valence-corrected chi connectivity index (χ2v) is 6.08. The van der Waals surface area contributed by atoms with Crippen LogP contribution in [-0.2, 0) is 0 Å². The van der Waals surface area contributed by atoms with Crippen LogP contribution in [-0.4, -0.2) is 37.0 Å². The van der Waals surface area contributed by atoms with Crippen LogP contribution in [0.25, 0.3) is 0 Å². The van der Waals surface area contributed by atoms with E-state index in [9.17, 15) is 4.79 Å². The van der Waals surface area contributed by atoms with Crippen LogP contribution in [0.3, 0.4) is 0 Å². The number of thioether (sulfide) groups is 1. The lowest BCUT2D eigenvalue weighted by Crippen LogP contribution is -2.31. The second-order valence-electron chi connectivity index (χ2n) is 3.83. The molecular formula is C11H17N3OS2. The number of nitrogen functional groups attached to an aromatic ring is 1. The molecule has 1 saturated heterocycles. The molecule has 1 aromatic rings. The molecule has 0 aliphatic carbocycles. The van der Waals surface area contributed by atoms with Crippen molar-refractivity contribution in [1.29, 1.82) is 0 Å². The van der Waals surface area contributed by atoms with Crippen molar-refractivity contribution in [2.75, 3.05) is 41.8 Å². The van der Waals surface area contributed by atoms with Crippen molar-refractivity contribution in [1.82, 2.24) is 5.32 Å². The highest BCUT2D eigenvalue weighted by atomic mass is 32.2. The van der Waals surface area contributed by atoms with Crippen LogP contribution in [0.1, 0.15) is 16.6 Å². The van der Waals surface area contributed by atoms with Gasteiger partial charge in [0.15, 0.2) is 0 Å². The van der Waals surface area contributed by atoms with Gasteiger partial charge in [0.25, 0.3) is 5.91 Å². The molecule has 1 aliphatic heterocycles. The molecule has 94 valence electrons. The van der Waals surface area contributed by atoms with Crippen molar-refractivity contribution >= 4 is 39.7 Å². The highest BCUT2D eigenvalue weighted by Crippen LogP contribution is 2.33. The van der Waals surface area contributed by atoms with Gasteiger partial charge in [0.1, 0.15) is 4.88 Å². The van der Waals surface area contributed by atoms with Crippen molar-refractivity contribution in [3.05, 3.63) is 10.9 Å². The lowest BCUT2D eigenvalue weighted by Gasteiger charge is -2.26. The summed E-state index contributed by atoms with van der Waals surface area (Å²) in [6, 6.07) is 1.92. The molecule has 0 unspecified atom stereocenters. The molecule has 0 saturated carbocycles. The monoisotopic (exact) mass is 271 g/mol. The normalized spacial score (nSPS) is 15.9. The Kier molecular flexibility index (Phi) is 4.17. The summed E-state index contributed by atoms with van der Waals surface area (Å²) in [6.07, 6.45) is 0. The summed E-state index contributed by atoms with van der Waals surface area (Å²) in [6.45, 7) is 4.62. The predicted molar refractivity (Wildman–Crippen MR) is 76.3 cm³/mol. The van der Waals surface area contributed by atoms with Gasteiger partial charge >= 0.3 is 0 Å². The molecule has 17 heavy (non-hydrogen) atoms. The van der Waals surface area contributed by atoms with Crippen molar-refractivity contribution < 1.29 is 4.79 Å². The topological polar surface area (TPSA) is 58.4 Å². The Labute approximate surface area is 110 Å². The first-order valence-corrected chi connectivity index (χ1v) is 7.69. The van der Waals surface area contributed by atoms with Crippen LogP contribution < -0.4 is 16.0 Å². The van der Waals surface area contributed by atoms with E-state index in [2.05, 4.69) is 10.2 Å². The lowest BCUT2D eigenvalue weighted by atomic mass is 10.3. The Hall–Kier alpha value is -0.880. The number of amides is 1. The molecule has 1 aromatic heterocycles. The highest BCUT2D eigenvalue weighted by Gasteiger charge is 2.18. The third kappa shape index (κ3) is 2.87. The van der Waals surface area contributed by atoms with Crippen LogP contribution in [0.4, 0.5) is 10.7 Å². The summed E-state index contributed by atoms with van der Waals surface area (Å²) in [5.41, 5.74) is 6.49. The maximum Gasteiger partial charge on any atom is 0.263 e. The first-order valence-electron chi connectivity index (χ1n) is 5.72. The van der Waals surface area contributed by atoms with Crippen molar-refractivity contribution in [3.8, 4) is 0 Å². The van der Waals surface area contributed by atoms with Gasteiger partial charge in [-0.25, -0.2) is 0 Å². The highest BCUT2D eigenvalue weighted by molar-refractivity contribution is 7.99. The van der Waals surface area contributed by atoms with E-state index in [4.69, 9.17) is 5.73 Å². The maximum atomic E-state index is 11.8. The number of rotatable bonds is 3. The summed E-state index contributed by atoms with van der Waals surface area (Å²) < 4.78 is 0. The molecule has 1 fully saturated rings. The van der Waals surface area contributed by atoms with Crippen molar-refractivity contribution in [3.63, 3.8) is 0 Å². The third-order valence-corrected chi connectivity index (χ3v) is 4.77. The fourth-order valence-corrected chi connectivity index (χ4v) is 3.70. The minimum Gasteiger partial charge on any atom is -0.397 e. The Bertz CT molecular complexity index is 399. The summed E-state index contributed by atoms with van der Waals surface area (Å²) >= 11 is 3.46. The van der Waals surface area contributed by atoms with Crippen LogP contribution >= 0.6 is 23.1 Å². The fourth-order valence-electron chi connectivity index (χ4n) is 1.75. The zero-order valence-electron chi connectivity index (χ0n) is 9.86. The van der Waals surface area contributed by atoms with Crippen molar-refractivity contribution in [2.24, 2.45) is 0 Å². The first-order chi connectivity index (χ1) is 8.22. The number of nitrogens with two attached hydrogens (primary N) is 1. The molecular weight excluding hydrogens is 254 g/mol. The molecule has 6 heteroatoms. The van der Waals surface area contributed by atoms with E-state index in [0.29, 0.717) is 17.1 Å². The summed E-state index contributed by atoms with van der Waals surface area (Å²) in [4.78, 5) is 14.7. The standard InChI is InChI=1S/C11H17N3OS2/c1-2-13-11(15)10-8(12)7-9(17-10)14-3-5-16-6-4-14/h7H,2-6,12H2,1H3,(H,13,15). The molecule has 0 aromatic carbocycles. The second kappa shape index (κ2) is 5.64. The molecule has 2 rings (SSSR count). The minimum absolute atomic E-state index is 0.0624. The van der Waals surface area contributed by atoms with Gasteiger partial charge in [-0.3, -0.25) is 4.79 Å². The average Bonchev–Trinajstić information content (AvgIpc) is 2.73. The number of nitrogens with zero attached hydrogens (tertiary/aromatic N) is 1. The number of thiophene rings is 1. The largest absolute Gasteiger partial charge is 0.397 e. The van der Waals surface area contributed by atoms with E-state index in [1.165, 1.54) is 11.3 Å². The lowest BCUT2D eigenvalue weighted by molar-refractivity contribution is 0.0960. The van der Waals surface area contributed by atoms with E-state index in [1.54, 1.807) is 0 Å². The van der Waals surface area contributed by atoms with Crippen LogP contribution in [0.2, 0.25) is 0 Å². The van der Waals surface area contributed by atoms with E-state index in [-0.39, 0.29) is 5.91 Å². The van der Waals surface area contributed by atoms with Gasteiger partial charge in [-0.2, -0.15) is 11.8 Å². The molecule has 0 radical (unpaired) electrons. The van der Waals surface area contributed by atoms with E-state index in [1.807, 2.05) is 24.8 Å². The summed E-state index contributed by atoms with van der Waals surface area (Å²) in [5, 5.41) is 3.90. The molecule has 0 atom stereocenters. The third-order valence-electron chi connectivity index (χ3n) is 2.61. The molecule has 4 nitrogen and oxygen atoms in total. The molecule has 1 aliphatic rings. The van der Waals surface area contributed by atoms with Gasteiger partial charge in [-0.15, -0.1) is 11.3 Å². The molecule has 2 heterocycles. The molecule has 1 amide bonds. The zero-order chi connectivity index (χ0) is 12.3. The molecule has 3 N–H and O–H groups in total. The average molecular weight is 271 g/mol. The number of nitrogens with one attached hydrogen (secondary N) is 1.